The topological polar surface area (TPSA) is 69.6 Å². The van der Waals surface area contributed by atoms with Crippen LogP contribution in [0.15, 0.2) is 30.3 Å². The molecule has 0 aromatic heterocycles. The number of aliphatic hydroxyl groups excluding tert-OH is 1. The molecule has 4 nitrogen and oxygen atoms in total. The van der Waals surface area contributed by atoms with Crippen LogP contribution >= 0.6 is 12.6 Å². The molecule has 0 saturated carbocycles. The van der Waals surface area contributed by atoms with Gasteiger partial charge in [-0.25, -0.2) is 0 Å². The second-order valence-electron chi connectivity index (χ2n) is 4.70. The summed E-state index contributed by atoms with van der Waals surface area (Å²) in [7, 11) is 0. The molecule has 0 fully saturated rings. The van der Waals surface area contributed by atoms with E-state index in [0.29, 0.717) is 12.3 Å². The zero-order chi connectivity index (χ0) is 14.3. The van der Waals surface area contributed by atoms with Gasteiger partial charge in [0, 0.05) is 0 Å². The molecule has 0 heterocycles. The molecule has 0 aliphatic rings. The third-order valence-corrected chi connectivity index (χ3v) is 3.52. The monoisotopic (exact) mass is 283 g/mol. The number of hydrogen-bond donors (Lipinski definition) is 4. The molecule has 1 aromatic rings. The maximum atomic E-state index is 11.0. The van der Waals surface area contributed by atoms with Gasteiger partial charge in [-0.2, -0.15) is 12.6 Å². The van der Waals surface area contributed by atoms with E-state index in [1.807, 2.05) is 30.3 Å². The number of nitrogens with one attached hydrogen (secondary N) is 1. The molecule has 19 heavy (non-hydrogen) atoms. The number of carboxylic acids is 1. The summed E-state index contributed by atoms with van der Waals surface area (Å²) >= 11 is 4.30. The van der Waals surface area contributed by atoms with E-state index in [1.54, 1.807) is 0 Å². The molecule has 1 aromatic carbocycles. The van der Waals surface area contributed by atoms with E-state index < -0.39 is 18.1 Å². The Kier molecular flexibility index (Phi) is 6.91. The zero-order valence-corrected chi connectivity index (χ0v) is 11.9. The van der Waals surface area contributed by atoms with Crippen LogP contribution in [0.2, 0.25) is 0 Å². The van der Waals surface area contributed by atoms with Crippen molar-refractivity contribution >= 4 is 18.6 Å². The lowest BCUT2D eigenvalue weighted by atomic mass is 10.0. The van der Waals surface area contributed by atoms with Crippen LogP contribution in [-0.2, 0) is 11.2 Å². The third kappa shape index (κ3) is 5.63. The van der Waals surface area contributed by atoms with E-state index in [0.717, 1.165) is 6.42 Å². The average Bonchev–Trinajstić information content (AvgIpc) is 2.38. The van der Waals surface area contributed by atoms with Crippen molar-refractivity contribution in [3.05, 3.63) is 35.9 Å². The first-order valence-electron chi connectivity index (χ1n) is 6.33. The molecule has 0 aliphatic heterocycles. The molecule has 0 saturated heterocycles. The Morgan fingerprint density at radius 3 is 2.47 bits per heavy atom. The highest BCUT2D eigenvalue weighted by Gasteiger charge is 2.23. The molecule has 3 N–H and O–H groups in total. The molecular weight excluding hydrogens is 262 g/mol. The Morgan fingerprint density at radius 1 is 1.37 bits per heavy atom. The van der Waals surface area contributed by atoms with Crippen molar-refractivity contribution in [2.75, 3.05) is 12.3 Å². The molecule has 3 atom stereocenters. The summed E-state index contributed by atoms with van der Waals surface area (Å²) in [6.07, 6.45) is -0.0847. The Labute approximate surface area is 119 Å². The minimum Gasteiger partial charge on any atom is -0.480 e. The molecular formula is C14H21NO3S. The van der Waals surface area contributed by atoms with Crippen LogP contribution in [0.5, 0.6) is 0 Å². The fourth-order valence-corrected chi connectivity index (χ4v) is 2.16. The van der Waals surface area contributed by atoms with Gasteiger partial charge in [0.15, 0.2) is 0 Å². The van der Waals surface area contributed by atoms with Gasteiger partial charge < -0.3 is 15.5 Å². The number of aliphatic hydroxyl groups is 1. The van der Waals surface area contributed by atoms with Gasteiger partial charge in [0.05, 0.1) is 6.10 Å². The van der Waals surface area contributed by atoms with E-state index in [2.05, 4.69) is 17.9 Å². The molecule has 0 bridgehead atoms. The lowest BCUT2D eigenvalue weighted by molar-refractivity contribution is -0.142. The number of carboxylic acid groups (broad SMARTS) is 1. The summed E-state index contributed by atoms with van der Waals surface area (Å²) in [6, 6.07) is 9.07. The van der Waals surface area contributed by atoms with Crippen molar-refractivity contribution < 1.29 is 15.0 Å². The summed E-state index contributed by atoms with van der Waals surface area (Å²) in [5.41, 5.74) is 1.20. The lowest BCUT2D eigenvalue weighted by Gasteiger charge is -2.21. The summed E-state index contributed by atoms with van der Waals surface area (Å²) in [5.74, 6) is -0.146. The predicted molar refractivity (Wildman–Crippen MR) is 78.6 cm³/mol. The van der Waals surface area contributed by atoms with Gasteiger partial charge in [0.1, 0.15) is 6.04 Å². The van der Waals surface area contributed by atoms with E-state index in [-0.39, 0.29) is 5.92 Å². The maximum absolute atomic E-state index is 11.0. The zero-order valence-electron chi connectivity index (χ0n) is 11.0. The fraction of sp³-hybridized carbons (Fsp3) is 0.500. The predicted octanol–water partition coefficient (Wildman–Crippen LogP) is 1.20. The third-order valence-electron chi connectivity index (χ3n) is 3.00. The average molecular weight is 283 g/mol. The summed E-state index contributed by atoms with van der Waals surface area (Å²) in [5, 5.41) is 21.3. The number of hydrogen-bond acceptors (Lipinski definition) is 4. The maximum Gasteiger partial charge on any atom is 0.323 e. The minimum atomic E-state index is -1.03. The Morgan fingerprint density at radius 2 is 2.00 bits per heavy atom. The van der Waals surface area contributed by atoms with E-state index in [4.69, 9.17) is 5.11 Å². The van der Waals surface area contributed by atoms with Gasteiger partial charge in [-0.1, -0.05) is 30.3 Å². The number of carbonyl (C=O) groups is 1. The van der Waals surface area contributed by atoms with Gasteiger partial charge in [-0.05, 0) is 37.1 Å². The standard InChI is InChI=1S/C14H21NO3S/c1-10(16)13(14(17)18)15-8-12(9-19)7-11-5-3-2-4-6-11/h2-6,10,12-13,15-16,19H,7-9H2,1H3,(H,17,18)/t10-,12?,13+/m1/s1. The molecule has 0 spiro atoms. The molecule has 0 amide bonds. The summed E-state index contributed by atoms with van der Waals surface area (Å²) in [6.45, 7) is 1.99. The summed E-state index contributed by atoms with van der Waals surface area (Å²) < 4.78 is 0. The highest BCUT2D eigenvalue weighted by molar-refractivity contribution is 7.80. The Hall–Kier alpha value is -1.04. The SMILES string of the molecule is C[C@@H](O)[C@H](NCC(CS)Cc1ccccc1)C(=O)O. The molecule has 0 aliphatic carbocycles. The Balaban J connectivity index is 2.51. The van der Waals surface area contributed by atoms with Crippen LogP contribution in [0.1, 0.15) is 12.5 Å². The first kappa shape index (κ1) is 16.0. The number of benzene rings is 1. The van der Waals surface area contributed by atoms with Gasteiger partial charge in [0.2, 0.25) is 0 Å². The van der Waals surface area contributed by atoms with E-state index >= 15 is 0 Å². The van der Waals surface area contributed by atoms with Crippen LogP contribution < -0.4 is 5.32 Å². The number of aliphatic carboxylic acids is 1. The first-order valence-corrected chi connectivity index (χ1v) is 6.97. The number of rotatable bonds is 8. The van der Waals surface area contributed by atoms with Crippen molar-refractivity contribution in [1.82, 2.24) is 5.32 Å². The highest BCUT2D eigenvalue weighted by Crippen LogP contribution is 2.10. The van der Waals surface area contributed by atoms with Gasteiger partial charge >= 0.3 is 5.97 Å². The summed E-state index contributed by atoms with van der Waals surface area (Å²) in [4.78, 5) is 11.0. The molecule has 5 heteroatoms. The molecule has 1 unspecified atom stereocenters. The normalized spacial score (nSPS) is 15.7. The molecule has 106 valence electrons. The second-order valence-corrected chi connectivity index (χ2v) is 5.07. The van der Waals surface area contributed by atoms with Crippen molar-refractivity contribution in [2.24, 2.45) is 5.92 Å². The quantitative estimate of drug-likeness (QED) is 0.541. The van der Waals surface area contributed by atoms with Crippen LogP contribution in [0.25, 0.3) is 0 Å². The lowest BCUT2D eigenvalue weighted by Crippen LogP contribution is -2.47. The second kappa shape index (κ2) is 8.19. The van der Waals surface area contributed by atoms with Crippen molar-refractivity contribution in [3.63, 3.8) is 0 Å². The van der Waals surface area contributed by atoms with Crippen molar-refractivity contribution in [2.45, 2.75) is 25.5 Å². The van der Waals surface area contributed by atoms with Crippen LogP contribution in [-0.4, -0.2) is 40.6 Å². The minimum absolute atomic E-state index is 0.228. The van der Waals surface area contributed by atoms with Gasteiger partial charge in [-0.3, -0.25) is 4.79 Å². The van der Waals surface area contributed by atoms with Crippen LogP contribution in [0.4, 0.5) is 0 Å². The van der Waals surface area contributed by atoms with Crippen molar-refractivity contribution in [1.29, 1.82) is 0 Å². The van der Waals surface area contributed by atoms with Gasteiger partial charge in [-0.15, -0.1) is 0 Å². The highest BCUT2D eigenvalue weighted by atomic mass is 32.1. The smallest absolute Gasteiger partial charge is 0.323 e. The van der Waals surface area contributed by atoms with Gasteiger partial charge in [0.25, 0.3) is 0 Å². The first-order chi connectivity index (χ1) is 9.04. The fourth-order valence-electron chi connectivity index (χ4n) is 1.91. The number of thiol groups is 1. The molecule has 0 radical (unpaired) electrons. The largest absolute Gasteiger partial charge is 0.480 e. The van der Waals surface area contributed by atoms with E-state index in [1.165, 1.54) is 12.5 Å². The Bertz CT molecular complexity index is 384. The van der Waals surface area contributed by atoms with Crippen LogP contribution in [0.3, 0.4) is 0 Å². The van der Waals surface area contributed by atoms with E-state index in [9.17, 15) is 9.90 Å². The molecule has 1 rings (SSSR count). The van der Waals surface area contributed by atoms with Crippen LogP contribution in [0, 0.1) is 5.92 Å². The van der Waals surface area contributed by atoms with Crippen molar-refractivity contribution in [3.8, 4) is 0 Å².